The van der Waals surface area contributed by atoms with Gasteiger partial charge >= 0.3 is 0 Å². The molecule has 3 heterocycles. The van der Waals surface area contributed by atoms with Crippen molar-refractivity contribution < 1.29 is 74.7 Å². The first-order valence-corrected chi connectivity index (χ1v) is 10.3. The Bertz CT molecular complexity index is 609. The summed E-state index contributed by atoms with van der Waals surface area (Å²) in [6, 6.07) is 0. The first kappa shape index (κ1) is 27.0. The molecule has 0 aromatic rings. The van der Waals surface area contributed by atoms with Gasteiger partial charge in [0.15, 0.2) is 12.6 Å². The van der Waals surface area contributed by atoms with Crippen molar-refractivity contribution in [2.75, 3.05) is 19.8 Å². The predicted octanol–water partition coefficient (Wildman–Crippen LogP) is -6.73. The van der Waals surface area contributed by atoms with Crippen LogP contribution in [0.4, 0.5) is 0 Å². The summed E-state index contributed by atoms with van der Waals surface area (Å²) in [4.78, 5) is 0. The van der Waals surface area contributed by atoms with Gasteiger partial charge in [-0.25, -0.2) is 0 Å². The molecule has 3 aliphatic rings. The Morgan fingerprint density at radius 1 is 0.545 bits per heavy atom. The Morgan fingerprint density at radius 3 is 1.55 bits per heavy atom. The third-order valence-corrected chi connectivity index (χ3v) is 5.84. The van der Waals surface area contributed by atoms with Gasteiger partial charge in [-0.05, 0) is 0 Å². The zero-order chi connectivity index (χ0) is 24.4. The van der Waals surface area contributed by atoms with E-state index in [2.05, 4.69) is 0 Å². The van der Waals surface area contributed by atoms with Gasteiger partial charge in [-0.1, -0.05) is 0 Å². The molecule has 3 aliphatic heterocycles. The molecule has 33 heavy (non-hydrogen) atoms. The zero-order valence-corrected chi connectivity index (χ0v) is 17.3. The molecule has 10 N–H and O–H groups in total. The standard InChI is InChI=1S/C18H31O15/c19-1-6-10(22)13(25)15(27)17(32-6)31-4-8-12(24)14(26)16(28)18(33-8)30-3-7-11(23)9(21)5(20)2-29-7/h2,5-28H,1,3-4H2/t5?,6-,7-,8-,9?,10+,11-,12-,13+,14+,15-,16-,17+,18+/m1/s1. The predicted molar refractivity (Wildman–Crippen MR) is 99.5 cm³/mol. The smallest absolute Gasteiger partial charge is 0.186 e. The van der Waals surface area contributed by atoms with Gasteiger partial charge in [-0.3, -0.25) is 0 Å². The number of ether oxygens (including phenoxy) is 5. The van der Waals surface area contributed by atoms with E-state index >= 15 is 0 Å². The number of aliphatic hydroxyl groups is 10. The minimum absolute atomic E-state index is 0.438. The maximum atomic E-state index is 10.2. The van der Waals surface area contributed by atoms with Crippen LogP contribution in [0.3, 0.4) is 0 Å². The second-order valence-electron chi connectivity index (χ2n) is 8.16. The van der Waals surface area contributed by atoms with Crippen molar-refractivity contribution in [3.05, 3.63) is 6.61 Å². The molecule has 0 saturated carbocycles. The molecule has 15 heteroatoms. The molecule has 3 saturated heterocycles. The molecular formula is C18H31O15. The molecule has 0 aromatic heterocycles. The quantitative estimate of drug-likeness (QED) is 0.160. The van der Waals surface area contributed by atoms with Crippen molar-refractivity contribution in [2.45, 2.75) is 85.8 Å². The Kier molecular flexibility index (Phi) is 9.35. The highest BCUT2D eigenvalue weighted by Gasteiger charge is 2.48. The van der Waals surface area contributed by atoms with Crippen molar-refractivity contribution >= 4 is 0 Å². The van der Waals surface area contributed by atoms with Crippen LogP contribution in [0.15, 0.2) is 0 Å². The Balaban J connectivity index is 1.56. The van der Waals surface area contributed by atoms with E-state index < -0.39 is 106 Å². The van der Waals surface area contributed by atoms with Gasteiger partial charge in [0.25, 0.3) is 0 Å². The van der Waals surface area contributed by atoms with E-state index in [4.69, 9.17) is 23.7 Å². The van der Waals surface area contributed by atoms with Gasteiger partial charge in [0.2, 0.25) is 0 Å². The molecule has 0 aromatic carbocycles. The summed E-state index contributed by atoms with van der Waals surface area (Å²) in [6.45, 7) is -0.743. The molecule has 2 unspecified atom stereocenters. The maximum absolute atomic E-state index is 10.2. The van der Waals surface area contributed by atoms with E-state index in [1.165, 1.54) is 0 Å². The van der Waals surface area contributed by atoms with Gasteiger partial charge in [0.05, 0.1) is 19.8 Å². The lowest BCUT2D eigenvalue weighted by atomic mass is 9.98. The van der Waals surface area contributed by atoms with E-state index in [1.54, 1.807) is 0 Å². The minimum atomic E-state index is -1.75. The number of hydrogen-bond acceptors (Lipinski definition) is 15. The van der Waals surface area contributed by atoms with Crippen molar-refractivity contribution in [1.82, 2.24) is 0 Å². The highest BCUT2D eigenvalue weighted by molar-refractivity contribution is 4.94. The Morgan fingerprint density at radius 2 is 1.00 bits per heavy atom. The first-order valence-electron chi connectivity index (χ1n) is 10.3. The fraction of sp³-hybridized carbons (Fsp3) is 0.944. The molecule has 14 atom stereocenters. The molecule has 15 nitrogen and oxygen atoms in total. The van der Waals surface area contributed by atoms with Crippen LogP contribution < -0.4 is 0 Å². The van der Waals surface area contributed by atoms with E-state index in [9.17, 15) is 51.1 Å². The van der Waals surface area contributed by atoms with Crippen LogP contribution in [0.25, 0.3) is 0 Å². The van der Waals surface area contributed by atoms with Gasteiger partial charge in [-0.2, -0.15) is 0 Å². The molecule has 0 amide bonds. The van der Waals surface area contributed by atoms with Crippen LogP contribution in [-0.4, -0.2) is 157 Å². The molecule has 0 spiro atoms. The van der Waals surface area contributed by atoms with Crippen molar-refractivity contribution in [3.8, 4) is 0 Å². The monoisotopic (exact) mass is 487 g/mol. The van der Waals surface area contributed by atoms with Crippen LogP contribution >= 0.6 is 0 Å². The van der Waals surface area contributed by atoms with Crippen molar-refractivity contribution in [1.29, 1.82) is 0 Å². The van der Waals surface area contributed by atoms with Crippen molar-refractivity contribution in [3.63, 3.8) is 0 Å². The van der Waals surface area contributed by atoms with Crippen LogP contribution in [-0.2, 0) is 23.7 Å². The first-order chi connectivity index (χ1) is 15.6. The fourth-order valence-corrected chi connectivity index (χ4v) is 3.68. The second kappa shape index (κ2) is 11.4. The Hall–Kier alpha value is -0.600. The van der Waals surface area contributed by atoms with E-state index in [1.807, 2.05) is 0 Å². The summed E-state index contributed by atoms with van der Waals surface area (Å²) in [6.07, 6.45) is -21.3. The molecule has 3 rings (SSSR count). The molecule has 0 aliphatic carbocycles. The number of hydrogen-bond donors (Lipinski definition) is 10. The largest absolute Gasteiger partial charge is 0.394 e. The summed E-state index contributed by atoms with van der Waals surface area (Å²) in [5, 5.41) is 98.4. The zero-order valence-electron chi connectivity index (χ0n) is 17.3. The van der Waals surface area contributed by atoms with Crippen LogP contribution in [0, 0.1) is 6.61 Å². The molecule has 193 valence electrons. The van der Waals surface area contributed by atoms with Gasteiger partial charge in [0.1, 0.15) is 79.9 Å². The number of rotatable bonds is 7. The summed E-state index contributed by atoms with van der Waals surface area (Å²) < 4.78 is 26.3. The highest BCUT2D eigenvalue weighted by atomic mass is 16.7. The maximum Gasteiger partial charge on any atom is 0.186 e. The van der Waals surface area contributed by atoms with E-state index in [0.29, 0.717) is 0 Å². The summed E-state index contributed by atoms with van der Waals surface area (Å²) in [5.74, 6) is 0. The third kappa shape index (κ3) is 5.80. The van der Waals surface area contributed by atoms with Crippen LogP contribution in [0.5, 0.6) is 0 Å². The molecule has 1 radical (unpaired) electrons. The highest BCUT2D eigenvalue weighted by Crippen LogP contribution is 2.27. The van der Waals surface area contributed by atoms with Gasteiger partial charge < -0.3 is 74.7 Å². The summed E-state index contributed by atoms with van der Waals surface area (Å²) >= 11 is 0. The number of aliphatic hydroxyl groups excluding tert-OH is 10. The third-order valence-electron chi connectivity index (χ3n) is 5.84. The topological polar surface area (TPSA) is 248 Å². The fourth-order valence-electron chi connectivity index (χ4n) is 3.68. The summed E-state index contributed by atoms with van der Waals surface area (Å²) in [5.41, 5.74) is 0. The van der Waals surface area contributed by atoms with E-state index in [0.717, 1.165) is 6.61 Å². The molecule has 3 fully saturated rings. The van der Waals surface area contributed by atoms with E-state index in [-0.39, 0.29) is 0 Å². The normalized spacial score (nSPS) is 51.5. The molecular weight excluding hydrogens is 456 g/mol. The SMILES string of the molecule is OC[C@H]1O[C@H](OC[C@H]2O[C@H](OC[C@H]3O[CH]C(O)C(O)[C@@H]3O)[C@H](O)[C@@H](O)[C@@H]2O)[C@H](O)[C@@H](O)[C@H]1O. The second-order valence-corrected chi connectivity index (χ2v) is 8.16. The van der Waals surface area contributed by atoms with Crippen LogP contribution in [0.1, 0.15) is 0 Å². The Labute approximate surface area is 187 Å². The van der Waals surface area contributed by atoms with Crippen molar-refractivity contribution in [2.24, 2.45) is 0 Å². The minimum Gasteiger partial charge on any atom is -0.394 e. The lowest BCUT2D eigenvalue weighted by molar-refractivity contribution is -0.334. The average molecular weight is 487 g/mol. The summed E-state index contributed by atoms with van der Waals surface area (Å²) in [7, 11) is 0. The average Bonchev–Trinajstić information content (AvgIpc) is 2.80. The van der Waals surface area contributed by atoms with Gasteiger partial charge in [0, 0.05) is 0 Å². The lowest BCUT2D eigenvalue weighted by Crippen LogP contribution is -2.62. The van der Waals surface area contributed by atoms with Gasteiger partial charge in [-0.15, -0.1) is 0 Å². The lowest BCUT2D eigenvalue weighted by Gasteiger charge is -2.43. The molecule has 0 bridgehead atoms. The van der Waals surface area contributed by atoms with Crippen LogP contribution in [0.2, 0.25) is 0 Å².